The van der Waals surface area contributed by atoms with Gasteiger partial charge in [0.2, 0.25) is 11.8 Å². The molecule has 4 nitrogen and oxygen atoms in total. The Morgan fingerprint density at radius 1 is 1.36 bits per heavy atom. The van der Waals surface area contributed by atoms with Gasteiger partial charge < -0.3 is 5.11 Å². The zero-order valence-corrected chi connectivity index (χ0v) is 7.99. The third-order valence-electron chi connectivity index (χ3n) is 4.21. The maximum Gasteiger partial charge on any atom is 0.230 e. The highest BCUT2D eigenvalue weighted by molar-refractivity contribution is 6.06. The Morgan fingerprint density at radius 2 is 2.00 bits per heavy atom. The molecule has 3 fully saturated rings. The van der Waals surface area contributed by atoms with E-state index in [0.29, 0.717) is 6.42 Å². The molecule has 76 valence electrons. The van der Waals surface area contributed by atoms with Gasteiger partial charge in [0.25, 0.3) is 0 Å². The van der Waals surface area contributed by atoms with Gasteiger partial charge in [0.15, 0.2) is 0 Å². The molecule has 0 radical (unpaired) electrons. The smallest absolute Gasteiger partial charge is 0.230 e. The molecule has 2 aliphatic carbocycles. The fourth-order valence-corrected chi connectivity index (χ4v) is 3.71. The van der Waals surface area contributed by atoms with Crippen molar-refractivity contribution < 1.29 is 14.7 Å². The largest absolute Gasteiger partial charge is 0.390 e. The zero-order valence-electron chi connectivity index (χ0n) is 7.99. The van der Waals surface area contributed by atoms with Crippen LogP contribution in [0.2, 0.25) is 0 Å². The first-order valence-electron chi connectivity index (χ1n) is 5.08. The van der Waals surface area contributed by atoms with Crippen LogP contribution in [0, 0.1) is 23.7 Å². The predicted octanol–water partition coefficient (Wildman–Crippen LogP) is -0.334. The SMILES string of the molecule is CC1(O)CC2CC1C1C(=O)NC(=O)C21. The van der Waals surface area contributed by atoms with Crippen molar-refractivity contribution in [3.63, 3.8) is 0 Å². The van der Waals surface area contributed by atoms with Crippen LogP contribution in [0.15, 0.2) is 0 Å². The van der Waals surface area contributed by atoms with Crippen molar-refractivity contribution in [2.24, 2.45) is 23.7 Å². The van der Waals surface area contributed by atoms with Crippen LogP contribution in [0.25, 0.3) is 0 Å². The molecule has 2 saturated carbocycles. The van der Waals surface area contributed by atoms with Crippen LogP contribution in [-0.2, 0) is 9.59 Å². The van der Waals surface area contributed by atoms with E-state index in [0.717, 1.165) is 6.42 Å². The number of hydrogen-bond donors (Lipinski definition) is 2. The van der Waals surface area contributed by atoms with Crippen LogP contribution >= 0.6 is 0 Å². The number of aliphatic hydroxyl groups is 1. The second-order valence-corrected chi connectivity index (χ2v) is 5.07. The topological polar surface area (TPSA) is 66.4 Å². The molecular weight excluding hydrogens is 182 g/mol. The maximum absolute atomic E-state index is 11.5. The summed E-state index contributed by atoms with van der Waals surface area (Å²) in [5.74, 6) is -0.491. The average Bonchev–Trinajstić information content (AvgIpc) is 2.62. The van der Waals surface area contributed by atoms with E-state index in [9.17, 15) is 14.7 Å². The van der Waals surface area contributed by atoms with Gasteiger partial charge >= 0.3 is 0 Å². The van der Waals surface area contributed by atoms with Crippen molar-refractivity contribution in [2.45, 2.75) is 25.4 Å². The van der Waals surface area contributed by atoms with Gasteiger partial charge in [0, 0.05) is 5.92 Å². The highest BCUT2D eigenvalue weighted by atomic mass is 16.3. The van der Waals surface area contributed by atoms with Gasteiger partial charge in [-0.3, -0.25) is 14.9 Å². The van der Waals surface area contributed by atoms with E-state index in [1.54, 1.807) is 6.92 Å². The summed E-state index contributed by atoms with van der Waals surface area (Å²) < 4.78 is 0. The molecule has 3 aliphatic rings. The lowest BCUT2D eigenvalue weighted by molar-refractivity contribution is -0.128. The molecule has 2 amide bonds. The molecule has 2 N–H and O–H groups in total. The van der Waals surface area contributed by atoms with Crippen molar-refractivity contribution in [2.75, 3.05) is 0 Å². The lowest BCUT2D eigenvalue weighted by Crippen LogP contribution is -2.41. The van der Waals surface area contributed by atoms with Crippen LogP contribution in [0.3, 0.4) is 0 Å². The molecule has 14 heavy (non-hydrogen) atoms. The summed E-state index contributed by atoms with van der Waals surface area (Å²) in [6, 6.07) is 0. The number of carbonyl (C=O) groups excluding carboxylic acids is 2. The van der Waals surface area contributed by atoms with Crippen molar-refractivity contribution in [3.05, 3.63) is 0 Å². The minimum absolute atomic E-state index is 0.0102. The first-order valence-corrected chi connectivity index (χ1v) is 5.08. The highest BCUT2D eigenvalue weighted by Crippen LogP contribution is 2.58. The Labute approximate surface area is 81.7 Å². The van der Waals surface area contributed by atoms with Crippen LogP contribution < -0.4 is 5.32 Å². The maximum atomic E-state index is 11.5. The summed E-state index contributed by atoms with van der Waals surface area (Å²) in [5.41, 5.74) is -0.742. The molecule has 0 spiro atoms. The number of carbonyl (C=O) groups is 2. The van der Waals surface area contributed by atoms with Crippen LogP contribution in [0.4, 0.5) is 0 Å². The third-order valence-corrected chi connectivity index (χ3v) is 4.21. The summed E-state index contributed by atoms with van der Waals surface area (Å²) in [6.45, 7) is 1.78. The zero-order chi connectivity index (χ0) is 10.1. The van der Waals surface area contributed by atoms with Gasteiger partial charge in [0.1, 0.15) is 0 Å². The molecule has 1 heterocycles. The first kappa shape index (κ1) is 8.41. The number of amides is 2. The Balaban J connectivity index is 2.02. The molecule has 5 atom stereocenters. The van der Waals surface area contributed by atoms with E-state index in [1.807, 2.05) is 0 Å². The van der Waals surface area contributed by atoms with Gasteiger partial charge in [0.05, 0.1) is 17.4 Å². The second-order valence-electron chi connectivity index (χ2n) is 5.07. The van der Waals surface area contributed by atoms with Crippen molar-refractivity contribution in [1.82, 2.24) is 5.32 Å². The molecular formula is C10H13NO3. The second kappa shape index (κ2) is 2.19. The monoisotopic (exact) mass is 195 g/mol. The van der Waals surface area contributed by atoms with Gasteiger partial charge in [-0.15, -0.1) is 0 Å². The Hall–Kier alpha value is -0.900. The number of hydrogen-bond acceptors (Lipinski definition) is 3. The first-order chi connectivity index (χ1) is 6.50. The average molecular weight is 195 g/mol. The van der Waals surface area contributed by atoms with Crippen LogP contribution in [0.5, 0.6) is 0 Å². The van der Waals surface area contributed by atoms with Crippen molar-refractivity contribution >= 4 is 11.8 Å². The highest BCUT2D eigenvalue weighted by Gasteiger charge is 2.64. The molecule has 3 rings (SSSR count). The van der Waals surface area contributed by atoms with E-state index >= 15 is 0 Å². The van der Waals surface area contributed by atoms with Crippen molar-refractivity contribution in [1.29, 1.82) is 0 Å². The van der Waals surface area contributed by atoms with E-state index in [2.05, 4.69) is 5.32 Å². The third kappa shape index (κ3) is 0.780. The lowest BCUT2D eigenvalue weighted by Gasteiger charge is -2.33. The molecule has 0 aromatic heterocycles. The Morgan fingerprint density at radius 3 is 2.71 bits per heavy atom. The van der Waals surface area contributed by atoms with Crippen LogP contribution in [0.1, 0.15) is 19.8 Å². The predicted molar refractivity (Wildman–Crippen MR) is 47.0 cm³/mol. The lowest BCUT2D eigenvalue weighted by atomic mass is 9.73. The summed E-state index contributed by atoms with van der Waals surface area (Å²) in [5, 5.41) is 12.4. The van der Waals surface area contributed by atoms with E-state index in [1.165, 1.54) is 0 Å². The Bertz CT molecular complexity index is 336. The number of rotatable bonds is 0. The van der Waals surface area contributed by atoms with Gasteiger partial charge in [-0.1, -0.05) is 0 Å². The fraction of sp³-hybridized carbons (Fsp3) is 0.800. The van der Waals surface area contributed by atoms with Gasteiger partial charge in [-0.25, -0.2) is 0 Å². The van der Waals surface area contributed by atoms with E-state index in [4.69, 9.17) is 0 Å². The molecule has 0 aromatic carbocycles. The minimum Gasteiger partial charge on any atom is -0.390 e. The normalized spacial score (nSPS) is 55.0. The van der Waals surface area contributed by atoms with Gasteiger partial charge in [-0.05, 0) is 25.7 Å². The molecule has 4 heteroatoms. The molecule has 1 saturated heterocycles. The quantitative estimate of drug-likeness (QED) is 0.520. The van der Waals surface area contributed by atoms with Gasteiger partial charge in [-0.2, -0.15) is 0 Å². The standard InChI is InChI=1S/C10H13NO3/c1-10(14)3-4-2-5(10)7-6(4)8(12)11-9(7)13/h4-7,14H,2-3H2,1H3,(H,11,12,13). The molecule has 1 aliphatic heterocycles. The number of imide groups is 1. The summed E-state index contributed by atoms with van der Waals surface area (Å²) in [6.07, 6.45) is 1.50. The summed E-state index contributed by atoms with van der Waals surface area (Å²) in [7, 11) is 0. The summed E-state index contributed by atoms with van der Waals surface area (Å²) in [4.78, 5) is 23.0. The number of fused-ring (bicyclic) bond motifs is 5. The Kier molecular flexibility index (Phi) is 1.31. The summed E-state index contributed by atoms with van der Waals surface area (Å²) >= 11 is 0. The fourth-order valence-electron chi connectivity index (χ4n) is 3.71. The molecule has 0 aromatic rings. The molecule has 5 unspecified atom stereocenters. The number of nitrogens with one attached hydrogen (secondary N) is 1. The van der Waals surface area contributed by atoms with Crippen LogP contribution in [-0.4, -0.2) is 22.5 Å². The van der Waals surface area contributed by atoms with Crippen molar-refractivity contribution in [3.8, 4) is 0 Å². The molecule has 2 bridgehead atoms. The minimum atomic E-state index is -0.742. The van der Waals surface area contributed by atoms with E-state index in [-0.39, 0.29) is 35.5 Å². The van der Waals surface area contributed by atoms with E-state index < -0.39 is 5.60 Å².